The van der Waals surface area contributed by atoms with Crippen LogP contribution in [0.5, 0.6) is 0 Å². The van der Waals surface area contributed by atoms with Crippen molar-refractivity contribution in [3.05, 3.63) is 77.4 Å². The van der Waals surface area contributed by atoms with Gasteiger partial charge >= 0.3 is 0 Å². The molecule has 3 aromatic rings. The Morgan fingerprint density at radius 1 is 0.964 bits per heavy atom. The van der Waals surface area contributed by atoms with E-state index in [1.165, 1.54) is 5.56 Å². The molecule has 28 heavy (non-hydrogen) atoms. The quantitative estimate of drug-likeness (QED) is 0.578. The summed E-state index contributed by atoms with van der Waals surface area (Å²) in [6, 6.07) is 10.0. The molecule has 0 saturated heterocycles. The van der Waals surface area contributed by atoms with E-state index in [9.17, 15) is 4.79 Å². The number of aromatic nitrogens is 3. The summed E-state index contributed by atoms with van der Waals surface area (Å²) >= 11 is 0. The van der Waals surface area contributed by atoms with Crippen LogP contribution < -0.4 is 5.32 Å². The lowest BCUT2D eigenvalue weighted by atomic mass is 9.95. The van der Waals surface area contributed by atoms with Gasteiger partial charge in [0.25, 0.3) is 0 Å². The number of hydrogen-bond donors (Lipinski definition) is 1. The van der Waals surface area contributed by atoms with E-state index in [0.717, 1.165) is 17.7 Å². The number of nitrogens with zero attached hydrogens (tertiary/aromatic N) is 3. The fourth-order valence-corrected chi connectivity index (χ4v) is 3.06. The second-order valence-electron chi connectivity index (χ2n) is 7.66. The Morgan fingerprint density at radius 3 is 2.25 bits per heavy atom. The van der Waals surface area contributed by atoms with Gasteiger partial charge in [0, 0.05) is 36.0 Å². The molecule has 0 fully saturated rings. The number of anilines is 2. The van der Waals surface area contributed by atoms with Crippen molar-refractivity contribution in [3.63, 3.8) is 0 Å². The molecule has 0 radical (unpaired) electrons. The van der Waals surface area contributed by atoms with Crippen molar-refractivity contribution in [2.75, 3.05) is 5.32 Å². The Labute approximate surface area is 166 Å². The van der Waals surface area contributed by atoms with Crippen LogP contribution in [0.3, 0.4) is 0 Å². The monoisotopic (exact) mass is 374 g/mol. The van der Waals surface area contributed by atoms with Gasteiger partial charge in [-0.1, -0.05) is 39.8 Å². The maximum Gasteiger partial charge on any atom is 0.227 e. The summed E-state index contributed by atoms with van der Waals surface area (Å²) in [5, 5.41) is 3.18. The molecule has 0 aliphatic rings. The van der Waals surface area contributed by atoms with Crippen molar-refractivity contribution in [2.24, 2.45) is 5.92 Å². The average molecular weight is 374 g/mol. The molecule has 1 aromatic carbocycles. The lowest BCUT2D eigenvalue weighted by Gasteiger charge is -2.11. The Bertz CT molecular complexity index is 932. The lowest BCUT2D eigenvalue weighted by Crippen LogP contribution is -2.09. The summed E-state index contributed by atoms with van der Waals surface area (Å²) in [5.41, 5.74) is 4.26. The molecule has 0 atom stereocenters. The smallest absolute Gasteiger partial charge is 0.227 e. The highest BCUT2D eigenvalue weighted by atomic mass is 16.1. The zero-order chi connectivity index (χ0) is 20.1. The molecule has 1 N–H and O–H groups in total. The molecule has 0 bridgehead atoms. The third-order valence-electron chi connectivity index (χ3n) is 4.49. The first-order valence-electron chi connectivity index (χ1n) is 9.60. The number of nitrogens with one attached hydrogen (secondary N) is 1. The Balaban J connectivity index is 1.72. The second-order valence-corrected chi connectivity index (χ2v) is 7.66. The highest BCUT2D eigenvalue weighted by molar-refractivity contribution is 6.09. The molecule has 0 amide bonds. The number of ketones is 1. The minimum atomic E-state index is -0.0873. The van der Waals surface area contributed by atoms with Gasteiger partial charge < -0.3 is 5.32 Å². The van der Waals surface area contributed by atoms with Gasteiger partial charge in [-0.25, -0.2) is 9.97 Å². The van der Waals surface area contributed by atoms with Gasteiger partial charge in [-0.3, -0.25) is 9.78 Å². The highest BCUT2D eigenvalue weighted by Gasteiger charge is 2.16. The van der Waals surface area contributed by atoms with Gasteiger partial charge in [0.15, 0.2) is 5.78 Å². The normalized spacial score (nSPS) is 11.1. The molecule has 144 valence electrons. The molecule has 2 heterocycles. The van der Waals surface area contributed by atoms with Gasteiger partial charge in [0.2, 0.25) is 5.95 Å². The van der Waals surface area contributed by atoms with Crippen molar-refractivity contribution in [1.82, 2.24) is 15.0 Å². The van der Waals surface area contributed by atoms with E-state index < -0.39 is 0 Å². The van der Waals surface area contributed by atoms with Crippen molar-refractivity contribution < 1.29 is 4.79 Å². The van der Waals surface area contributed by atoms with E-state index in [0.29, 0.717) is 23.0 Å². The van der Waals surface area contributed by atoms with Crippen LogP contribution in [-0.2, 0) is 6.42 Å². The number of pyridine rings is 1. The minimum Gasteiger partial charge on any atom is -0.324 e. The van der Waals surface area contributed by atoms with Gasteiger partial charge in [-0.05, 0) is 47.6 Å². The Kier molecular flexibility index (Phi) is 6.14. The first-order valence-corrected chi connectivity index (χ1v) is 9.60. The maximum absolute atomic E-state index is 12.8. The lowest BCUT2D eigenvalue weighted by molar-refractivity contribution is 0.103. The summed E-state index contributed by atoms with van der Waals surface area (Å²) in [6.45, 7) is 8.51. The van der Waals surface area contributed by atoms with Crippen LogP contribution in [0, 0.1) is 5.92 Å². The van der Waals surface area contributed by atoms with Crippen molar-refractivity contribution in [2.45, 2.75) is 40.0 Å². The van der Waals surface area contributed by atoms with E-state index in [1.54, 1.807) is 30.9 Å². The average Bonchev–Trinajstić information content (AvgIpc) is 2.69. The van der Waals surface area contributed by atoms with E-state index in [2.05, 4.69) is 46.2 Å². The van der Waals surface area contributed by atoms with Crippen LogP contribution in [0.2, 0.25) is 0 Å². The number of carbonyl (C=O) groups is 1. The standard InChI is InChI=1S/C23H26N4O/c1-15(2)11-17-5-7-19(8-6-17)27-23-25-12-18(13-26-23)22(28)20-9-10-24-14-21(20)16(3)4/h5-10,12-16H,11H2,1-4H3,(H,25,26,27). The van der Waals surface area contributed by atoms with Crippen LogP contribution in [-0.4, -0.2) is 20.7 Å². The van der Waals surface area contributed by atoms with Crippen LogP contribution in [0.1, 0.15) is 60.7 Å². The minimum absolute atomic E-state index is 0.0873. The molecule has 2 aromatic heterocycles. The first-order chi connectivity index (χ1) is 13.4. The Hall–Kier alpha value is -3.08. The van der Waals surface area contributed by atoms with E-state index in [-0.39, 0.29) is 11.7 Å². The van der Waals surface area contributed by atoms with Crippen LogP contribution in [0.25, 0.3) is 0 Å². The van der Waals surface area contributed by atoms with Gasteiger partial charge in [0.05, 0.1) is 5.56 Å². The summed E-state index contributed by atoms with van der Waals surface area (Å²) < 4.78 is 0. The molecule has 0 aliphatic carbocycles. The largest absolute Gasteiger partial charge is 0.324 e. The SMILES string of the molecule is CC(C)Cc1ccc(Nc2ncc(C(=O)c3ccncc3C(C)C)cn2)cc1. The predicted octanol–water partition coefficient (Wildman–Crippen LogP) is 5.17. The predicted molar refractivity (Wildman–Crippen MR) is 112 cm³/mol. The molecule has 3 rings (SSSR count). The number of hydrogen-bond acceptors (Lipinski definition) is 5. The third-order valence-corrected chi connectivity index (χ3v) is 4.49. The summed E-state index contributed by atoms with van der Waals surface area (Å²) in [6.07, 6.45) is 7.57. The topological polar surface area (TPSA) is 67.8 Å². The highest BCUT2D eigenvalue weighted by Crippen LogP contribution is 2.21. The van der Waals surface area contributed by atoms with Gasteiger partial charge in [0.1, 0.15) is 0 Å². The zero-order valence-corrected chi connectivity index (χ0v) is 16.8. The van der Waals surface area contributed by atoms with Crippen molar-refractivity contribution in [1.29, 1.82) is 0 Å². The zero-order valence-electron chi connectivity index (χ0n) is 16.8. The van der Waals surface area contributed by atoms with Crippen molar-refractivity contribution in [3.8, 4) is 0 Å². The molecular formula is C23H26N4O. The number of benzene rings is 1. The van der Waals surface area contributed by atoms with Gasteiger partial charge in [-0.2, -0.15) is 0 Å². The number of carbonyl (C=O) groups excluding carboxylic acids is 1. The molecule has 5 heteroatoms. The molecule has 0 saturated carbocycles. The van der Waals surface area contributed by atoms with Crippen LogP contribution in [0.15, 0.2) is 55.1 Å². The van der Waals surface area contributed by atoms with Crippen molar-refractivity contribution >= 4 is 17.4 Å². The molecule has 0 spiro atoms. The molecule has 0 aliphatic heterocycles. The van der Waals surface area contributed by atoms with E-state index in [4.69, 9.17) is 0 Å². The van der Waals surface area contributed by atoms with Gasteiger partial charge in [-0.15, -0.1) is 0 Å². The fraction of sp³-hybridized carbons (Fsp3) is 0.304. The fourth-order valence-electron chi connectivity index (χ4n) is 3.06. The molecule has 0 unspecified atom stereocenters. The molecule has 5 nitrogen and oxygen atoms in total. The van der Waals surface area contributed by atoms with E-state index >= 15 is 0 Å². The van der Waals surface area contributed by atoms with Crippen LogP contribution in [0.4, 0.5) is 11.6 Å². The third kappa shape index (κ3) is 4.80. The summed E-state index contributed by atoms with van der Waals surface area (Å²) in [4.78, 5) is 25.6. The maximum atomic E-state index is 12.8. The second kappa shape index (κ2) is 8.74. The summed E-state index contributed by atoms with van der Waals surface area (Å²) in [7, 11) is 0. The Morgan fingerprint density at radius 2 is 1.64 bits per heavy atom. The molecular weight excluding hydrogens is 348 g/mol. The summed E-state index contributed by atoms with van der Waals surface area (Å²) in [5.74, 6) is 1.22. The van der Waals surface area contributed by atoms with Crippen LogP contribution >= 0.6 is 0 Å². The number of rotatable bonds is 7. The van der Waals surface area contributed by atoms with E-state index in [1.807, 2.05) is 26.0 Å². The first kappa shape index (κ1) is 19.7.